The number of nitrogens with one attached hydrogen (secondary N) is 1. The van der Waals surface area contributed by atoms with Crippen LogP contribution in [0.5, 0.6) is 0 Å². The van der Waals surface area contributed by atoms with Crippen LogP contribution in [0.1, 0.15) is 31.7 Å². The van der Waals surface area contributed by atoms with Crippen molar-refractivity contribution in [2.75, 3.05) is 5.32 Å². The molecule has 1 fully saturated rings. The molecule has 2 aromatic rings. The lowest BCUT2D eigenvalue weighted by Crippen LogP contribution is -2.20. The number of rotatable bonds is 6. The molecule has 0 aliphatic heterocycles. The molecule has 1 unspecified atom stereocenters. The Morgan fingerprint density at radius 1 is 1.32 bits per heavy atom. The molecule has 4 heteroatoms. The predicted molar refractivity (Wildman–Crippen MR) is 76.0 cm³/mol. The molecule has 1 N–H and O–H groups in total. The van der Waals surface area contributed by atoms with Crippen molar-refractivity contribution < 1.29 is 0 Å². The third-order valence-corrected chi connectivity index (χ3v) is 3.75. The van der Waals surface area contributed by atoms with E-state index in [0.29, 0.717) is 6.04 Å². The van der Waals surface area contributed by atoms with Gasteiger partial charge in [0.25, 0.3) is 0 Å². The van der Waals surface area contributed by atoms with Crippen LogP contribution in [0.25, 0.3) is 0 Å². The molecule has 1 aliphatic rings. The van der Waals surface area contributed by atoms with E-state index in [0.717, 1.165) is 12.5 Å². The molecule has 100 valence electrons. The molecule has 0 spiro atoms. The molecule has 1 saturated carbocycles. The van der Waals surface area contributed by atoms with Gasteiger partial charge in [-0.1, -0.05) is 19.1 Å². The number of anilines is 1. The molecule has 0 radical (unpaired) electrons. The first-order valence-electron chi connectivity index (χ1n) is 7.03. The lowest BCUT2D eigenvalue weighted by molar-refractivity contribution is 0.616. The molecule has 1 aliphatic carbocycles. The fourth-order valence-electron chi connectivity index (χ4n) is 2.47. The van der Waals surface area contributed by atoms with Crippen LogP contribution in [-0.2, 0) is 6.54 Å². The Kier molecular flexibility index (Phi) is 3.49. The molecule has 1 aromatic heterocycles. The second-order valence-electron chi connectivity index (χ2n) is 5.29. The van der Waals surface area contributed by atoms with Crippen molar-refractivity contribution in [2.24, 2.45) is 5.92 Å². The van der Waals surface area contributed by atoms with Gasteiger partial charge in [0.05, 0.1) is 6.54 Å². The summed E-state index contributed by atoms with van der Waals surface area (Å²) in [6.45, 7) is 3.04. The summed E-state index contributed by atoms with van der Waals surface area (Å²) in [7, 11) is 0. The monoisotopic (exact) mass is 256 g/mol. The van der Waals surface area contributed by atoms with Crippen LogP contribution in [0, 0.1) is 5.92 Å². The van der Waals surface area contributed by atoms with E-state index >= 15 is 0 Å². The maximum Gasteiger partial charge on any atom is 0.137 e. The first-order chi connectivity index (χ1) is 9.35. The highest BCUT2D eigenvalue weighted by Gasteiger charge is 2.29. The van der Waals surface area contributed by atoms with Crippen molar-refractivity contribution in [2.45, 2.75) is 38.8 Å². The van der Waals surface area contributed by atoms with Crippen LogP contribution in [0.4, 0.5) is 5.69 Å². The van der Waals surface area contributed by atoms with E-state index in [4.69, 9.17) is 0 Å². The van der Waals surface area contributed by atoms with E-state index in [1.54, 1.807) is 12.7 Å². The minimum absolute atomic E-state index is 0.640. The highest BCUT2D eigenvalue weighted by Crippen LogP contribution is 2.35. The van der Waals surface area contributed by atoms with Gasteiger partial charge in [-0.05, 0) is 42.9 Å². The highest BCUT2D eigenvalue weighted by atomic mass is 15.3. The lowest BCUT2D eigenvalue weighted by atomic mass is 10.1. The van der Waals surface area contributed by atoms with Crippen LogP contribution in [0.2, 0.25) is 0 Å². The van der Waals surface area contributed by atoms with Crippen LogP contribution in [-0.4, -0.2) is 20.8 Å². The summed E-state index contributed by atoms with van der Waals surface area (Å²) in [6.07, 6.45) is 7.28. The van der Waals surface area contributed by atoms with Gasteiger partial charge in [0.15, 0.2) is 0 Å². The molecular weight excluding hydrogens is 236 g/mol. The van der Waals surface area contributed by atoms with Gasteiger partial charge in [0, 0.05) is 11.7 Å². The third kappa shape index (κ3) is 3.13. The van der Waals surface area contributed by atoms with Crippen molar-refractivity contribution in [1.29, 1.82) is 0 Å². The number of benzene rings is 1. The molecule has 1 atom stereocenters. The van der Waals surface area contributed by atoms with E-state index in [2.05, 4.69) is 46.6 Å². The number of hydrogen-bond acceptors (Lipinski definition) is 3. The van der Waals surface area contributed by atoms with Gasteiger partial charge in [-0.2, -0.15) is 5.10 Å². The van der Waals surface area contributed by atoms with E-state index in [1.807, 2.05) is 4.68 Å². The van der Waals surface area contributed by atoms with Gasteiger partial charge < -0.3 is 5.32 Å². The maximum atomic E-state index is 4.12. The number of hydrogen-bond donors (Lipinski definition) is 1. The maximum absolute atomic E-state index is 4.12. The Labute approximate surface area is 113 Å². The van der Waals surface area contributed by atoms with Crippen molar-refractivity contribution in [1.82, 2.24) is 14.8 Å². The van der Waals surface area contributed by atoms with Crippen molar-refractivity contribution in [3.8, 4) is 0 Å². The lowest BCUT2D eigenvalue weighted by Gasteiger charge is -2.17. The van der Waals surface area contributed by atoms with Gasteiger partial charge in [-0.25, -0.2) is 9.67 Å². The first-order valence-corrected chi connectivity index (χ1v) is 7.03. The fraction of sp³-hybridized carbons (Fsp3) is 0.467. The van der Waals surface area contributed by atoms with E-state index in [-0.39, 0.29) is 0 Å². The SMILES string of the molecule is CCC(Nc1ccc(Cn2cncn2)cc1)C1CC1. The van der Waals surface area contributed by atoms with Gasteiger partial charge in [0.2, 0.25) is 0 Å². The van der Waals surface area contributed by atoms with Crippen molar-refractivity contribution in [3.05, 3.63) is 42.5 Å². The smallest absolute Gasteiger partial charge is 0.137 e. The molecule has 3 rings (SSSR count). The Morgan fingerprint density at radius 2 is 2.11 bits per heavy atom. The zero-order valence-corrected chi connectivity index (χ0v) is 11.3. The molecule has 0 amide bonds. The Balaban J connectivity index is 1.61. The van der Waals surface area contributed by atoms with Crippen molar-refractivity contribution in [3.63, 3.8) is 0 Å². The molecule has 0 bridgehead atoms. The summed E-state index contributed by atoms with van der Waals surface area (Å²) in [5, 5.41) is 7.76. The summed E-state index contributed by atoms with van der Waals surface area (Å²) < 4.78 is 1.83. The molecule has 4 nitrogen and oxygen atoms in total. The van der Waals surface area contributed by atoms with Crippen LogP contribution in [0.3, 0.4) is 0 Å². The van der Waals surface area contributed by atoms with Gasteiger partial charge >= 0.3 is 0 Å². The standard InChI is InChI=1S/C15H20N4/c1-2-15(13-5-6-13)18-14-7-3-12(4-8-14)9-19-11-16-10-17-19/h3-4,7-8,10-11,13,15,18H,2,5-6,9H2,1H3. The van der Waals surface area contributed by atoms with Crippen LogP contribution >= 0.6 is 0 Å². The molecule has 19 heavy (non-hydrogen) atoms. The summed E-state index contributed by atoms with van der Waals surface area (Å²) >= 11 is 0. The second kappa shape index (κ2) is 5.43. The van der Waals surface area contributed by atoms with Gasteiger partial charge in [-0.3, -0.25) is 0 Å². The summed E-state index contributed by atoms with van der Waals surface area (Å²) in [5.41, 5.74) is 2.47. The molecule has 0 saturated heterocycles. The first kappa shape index (κ1) is 12.2. The molecular formula is C15H20N4. The quantitative estimate of drug-likeness (QED) is 0.864. The Hall–Kier alpha value is -1.84. The fourth-order valence-corrected chi connectivity index (χ4v) is 2.47. The average molecular weight is 256 g/mol. The van der Waals surface area contributed by atoms with Crippen LogP contribution in [0.15, 0.2) is 36.9 Å². The zero-order chi connectivity index (χ0) is 13.1. The minimum atomic E-state index is 0.640. The average Bonchev–Trinajstić information content (AvgIpc) is 3.16. The topological polar surface area (TPSA) is 42.7 Å². The largest absolute Gasteiger partial charge is 0.382 e. The number of nitrogens with zero attached hydrogens (tertiary/aromatic N) is 3. The summed E-state index contributed by atoms with van der Waals surface area (Å²) in [5.74, 6) is 0.889. The molecule has 1 aromatic carbocycles. The number of aromatic nitrogens is 3. The second-order valence-corrected chi connectivity index (χ2v) is 5.29. The van der Waals surface area contributed by atoms with E-state index < -0.39 is 0 Å². The predicted octanol–water partition coefficient (Wildman–Crippen LogP) is 2.93. The van der Waals surface area contributed by atoms with E-state index in [1.165, 1.54) is 30.5 Å². The van der Waals surface area contributed by atoms with Crippen molar-refractivity contribution >= 4 is 5.69 Å². The normalized spacial score (nSPS) is 16.3. The third-order valence-electron chi connectivity index (χ3n) is 3.75. The van der Waals surface area contributed by atoms with Gasteiger partial charge in [-0.15, -0.1) is 0 Å². The van der Waals surface area contributed by atoms with E-state index in [9.17, 15) is 0 Å². The zero-order valence-electron chi connectivity index (χ0n) is 11.3. The Bertz CT molecular complexity index is 499. The molecule has 1 heterocycles. The van der Waals surface area contributed by atoms with Crippen LogP contribution < -0.4 is 5.32 Å². The highest BCUT2D eigenvalue weighted by molar-refractivity contribution is 5.45. The Morgan fingerprint density at radius 3 is 2.68 bits per heavy atom. The summed E-state index contributed by atoms with van der Waals surface area (Å²) in [6, 6.07) is 9.28. The minimum Gasteiger partial charge on any atom is -0.382 e. The summed E-state index contributed by atoms with van der Waals surface area (Å²) in [4.78, 5) is 3.95. The van der Waals surface area contributed by atoms with Gasteiger partial charge in [0.1, 0.15) is 12.7 Å².